The normalized spacial score (nSPS) is 15.5. The Morgan fingerprint density at radius 3 is 2.88 bits per heavy atom. The Labute approximate surface area is 152 Å². The molecule has 2 heterocycles. The third-order valence-corrected chi connectivity index (χ3v) is 7.31. The molecule has 7 heteroatoms. The van der Waals surface area contributed by atoms with Gasteiger partial charge < -0.3 is 5.32 Å². The molecule has 1 amide bonds. The Morgan fingerprint density at radius 2 is 2.12 bits per heavy atom. The van der Waals surface area contributed by atoms with Crippen molar-refractivity contribution >= 4 is 33.0 Å². The Bertz CT molecular complexity index is 874. The van der Waals surface area contributed by atoms with Gasteiger partial charge in [0.25, 0.3) is 15.9 Å². The number of nitrogens with one attached hydrogen (secondary N) is 1. The Morgan fingerprint density at radius 1 is 1.36 bits per heavy atom. The van der Waals surface area contributed by atoms with Gasteiger partial charge in [-0.1, -0.05) is 25.1 Å². The van der Waals surface area contributed by atoms with Crippen molar-refractivity contribution in [1.82, 2.24) is 5.32 Å². The molecule has 1 aromatic carbocycles. The first-order valence-electron chi connectivity index (χ1n) is 8.43. The summed E-state index contributed by atoms with van der Waals surface area (Å²) in [5.41, 5.74) is 1.79. The number of carbonyl (C=O) groups is 1. The maximum Gasteiger partial charge on any atom is 0.265 e. The van der Waals surface area contributed by atoms with Crippen molar-refractivity contribution in [3.63, 3.8) is 0 Å². The number of anilines is 1. The summed E-state index contributed by atoms with van der Waals surface area (Å²) in [5, 5.41) is 4.42. The number of amides is 1. The number of para-hydroxylation sites is 1. The van der Waals surface area contributed by atoms with Gasteiger partial charge in [0.05, 0.1) is 15.5 Å². The maximum absolute atomic E-state index is 13.1. The number of hydrogen-bond acceptors (Lipinski definition) is 4. The quantitative estimate of drug-likeness (QED) is 0.867. The summed E-state index contributed by atoms with van der Waals surface area (Å²) in [6.07, 6.45) is 2.50. The van der Waals surface area contributed by atoms with E-state index in [1.165, 1.54) is 10.4 Å². The van der Waals surface area contributed by atoms with Crippen LogP contribution < -0.4 is 9.62 Å². The van der Waals surface area contributed by atoms with Crippen molar-refractivity contribution in [3.05, 3.63) is 46.2 Å². The zero-order chi connectivity index (χ0) is 18.0. The largest absolute Gasteiger partial charge is 0.349 e. The van der Waals surface area contributed by atoms with Gasteiger partial charge in [0.15, 0.2) is 0 Å². The van der Waals surface area contributed by atoms with Crippen LogP contribution in [-0.2, 0) is 16.4 Å². The molecule has 5 nitrogen and oxygen atoms in total. The number of benzene rings is 1. The molecule has 0 saturated carbocycles. The molecular formula is C18H22N2O3S2. The third kappa shape index (κ3) is 3.57. The van der Waals surface area contributed by atoms with E-state index in [4.69, 9.17) is 0 Å². The van der Waals surface area contributed by atoms with Crippen LogP contribution in [0.15, 0.2) is 40.6 Å². The Hall–Kier alpha value is -1.86. The fraction of sp³-hybridized carbons (Fsp3) is 0.389. The maximum atomic E-state index is 13.1. The minimum Gasteiger partial charge on any atom is -0.349 e. The average Bonchev–Trinajstić information content (AvgIpc) is 3.12. The van der Waals surface area contributed by atoms with Crippen molar-refractivity contribution in [2.24, 2.45) is 0 Å². The molecule has 0 fully saturated rings. The van der Waals surface area contributed by atoms with Crippen molar-refractivity contribution < 1.29 is 13.2 Å². The van der Waals surface area contributed by atoms with Gasteiger partial charge in [-0.3, -0.25) is 9.10 Å². The number of sulfonamides is 1. The van der Waals surface area contributed by atoms with E-state index in [0.717, 1.165) is 41.9 Å². The molecule has 1 N–H and O–H groups in total. The fourth-order valence-corrected chi connectivity index (χ4v) is 5.55. The van der Waals surface area contributed by atoms with Crippen LogP contribution in [0.1, 0.15) is 41.9 Å². The molecule has 0 bridgehead atoms. The molecule has 134 valence electrons. The minimum atomic E-state index is -3.66. The van der Waals surface area contributed by atoms with E-state index < -0.39 is 10.0 Å². The second kappa shape index (κ2) is 7.17. The molecule has 25 heavy (non-hydrogen) atoms. The first-order valence-corrected chi connectivity index (χ1v) is 10.8. The molecule has 0 saturated heterocycles. The number of carbonyl (C=O) groups excluding carboxylic acids is 1. The van der Waals surface area contributed by atoms with Crippen LogP contribution in [0.3, 0.4) is 0 Å². The summed E-state index contributed by atoms with van der Waals surface area (Å²) >= 11 is 1.16. The molecule has 3 rings (SSSR count). The highest BCUT2D eigenvalue weighted by atomic mass is 32.2. The summed E-state index contributed by atoms with van der Waals surface area (Å²) in [6, 6.07) is 9.13. The molecule has 0 spiro atoms. The van der Waals surface area contributed by atoms with Gasteiger partial charge >= 0.3 is 0 Å². The van der Waals surface area contributed by atoms with Crippen LogP contribution in [0.25, 0.3) is 0 Å². The van der Waals surface area contributed by atoms with E-state index in [9.17, 15) is 13.2 Å². The van der Waals surface area contributed by atoms with Gasteiger partial charge in [-0.15, -0.1) is 11.3 Å². The predicted molar refractivity (Wildman–Crippen MR) is 101 cm³/mol. The van der Waals surface area contributed by atoms with Gasteiger partial charge in [-0.2, -0.15) is 0 Å². The third-order valence-electron chi connectivity index (χ3n) is 4.44. The highest BCUT2D eigenvalue weighted by Gasteiger charge is 2.30. The van der Waals surface area contributed by atoms with Gasteiger partial charge in [0.1, 0.15) is 0 Å². The molecule has 1 atom stereocenters. The van der Waals surface area contributed by atoms with Crippen LogP contribution >= 0.6 is 11.3 Å². The van der Waals surface area contributed by atoms with E-state index in [1.807, 2.05) is 38.1 Å². The molecule has 1 aliphatic heterocycles. The van der Waals surface area contributed by atoms with E-state index in [-0.39, 0.29) is 16.8 Å². The van der Waals surface area contributed by atoms with Crippen molar-refractivity contribution in [1.29, 1.82) is 0 Å². The number of hydrogen-bond donors (Lipinski definition) is 1. The van der Waals surface area contributed by atoms with Gasteiger partial charge in [0, 0.05) is 18.0 Å². The smallest absolute Gasteiger partial charge is 0.265 e. The number of nitrogens with zero attached hydrogens (tertiary/aromatic N) is 1. The zero-order valence-corrected chi connectivity index (χ0v) is 16.0. The first-order chi connectivity index (χ1) is 11.9. The number of rotatable bonds is 5. The number of thiophene rings is 1. The SMILES string of the molecule is CC[C@H](C)NC(=O)c1cc(S(=O)(=O)N2CCCc3ccccc32)cs1. The van der Waals surface area contributed by atoms with Crippen molar-refractivity contribution in [3.8, 4) is 0 Å². The molecule has 0 unspecified atom stereocenters. The molecule has 1 aliphatic rings. The lowest BCUT2D eigenvalue weighted by atomic mass is 10.0. The summed E-state index contributed by atoms with van der Waals surface area (Å²) in [7, 11) is -3.66. The highest BCUT2D eigenvalue weighted by Crippen LogP contribution is 2.33. The lowest BCUT2D eigenvalue weighted by Crippen LogP contribution is -2.35. The lowest BCUT2D eigenvalue weighted by Gasteiger charge is -2.30. The minimum absolute atomic E-state index is 0.0589. The zero-order valence-electron chi connectivity index (χ0n) is 14.4. The Kier molecular flexibility index (Phi) is 5.15. The van der Waals surface area contributed by atoms with Crippen molar-refractivity contribution in [2.45, 2.75) is 44.0 Å². The van der Waals surface area contributed by atoms with E-state index in [1.54, 1.807) is 5.38 Å². The van der Waals surface area contributed by atoms with Crippen LogP contribution in [0.4, 0.5) is 5.69 Å². The molecule has 1 aromatic heterocycles. The van der Waals surface area contributed by atoms with E-state index >= 15 is 0 Å². The van der Waals surface area contributed by atoms with Gasteiger partial charge in [-0.25, -0.2) is 8.42 Å². The molecule has 0 aliphatic carbocycles. The molecule has 0 radical (unpaired) electrons. The standard InChI is InChI=1S/C18H22N2O3S2/c1-3-13(2)19-18(21)17-11-15(12-24-17)25(22,23)20-10-6-8-14-7-4-5-9-16(14)20/h4-5,7,9,11-13H,3,6,8,10H2,1-2H3,(H,19,21)/t13-/m0/s1. The number of fused-ring (bicyclic) bond motifs is 1. The van der Waals surface area contributed by atoms with Gasteiger partial charge in [-0.05, 0) is 43.9 Å². The predicted octanol–water partition coefficient (Wildman–Crippen LogP) is 3.42. The topological polar surface area (TPSA) is 66.5 Å². The monoisotopic (exact) mass is 378 g/mol. The van der Waals surface area contributed by atoms with Crippen LogP contribution in [0.2, 0.25) is 0 Å². The van der Waals surface area contributed by atoms with Crippen LogP contribution in [-0.4, -0.2) is 26.9 Å². The highest BCUT2D eigenvalue weighted by molar-refractivity contribution is 7.93. The van der Waals surface area contributed by atoms with Crippen LogP contribution in [0.5, 0.6) is 0 Å². The van der Waals surface area contributed by atoms with Crippen LogP contribution in [0, 0.1) is 0 Å². The number of aryl methyl sites for hydroxylation is 1. The summed E-state index contributed by atoms with van der Waals surface area (Å²) in [4.78, 5) is 12.8. The van der Waals surface area contributed by atoms with E-state index in [0.29, 0.717) is 11.4 Å². The lowest BCUT2D eigenvalue weighted by molar-refractivity contribution is 0.0943. The summed E-state index contributed by atoms with van der Waals surface area (Å²) < 4.78 is 27.6. The van der Waals surface area contributed by atoms with E-state index in [2.05, 4.69) is 5.32 Å². The summed E-state index contributed by atoms with van der Waals surface area (Å²) in [6.45, 7) is 4.38. The Balaban J connectivity index is 1.88. The van der Waals surface area contributed by atoms with Crippen molar-refractivity contribution in [2.75, 3.05) is 10.8 Å². The summed E-state index contributed by atoms with van der Waals surface area (Å²) in [5.74, 6) is -0.222. The molecule has 2 aromatic rings. The molecular weight excluding hydrogens is 356 g/mol. The second-order valence-corrected chi connectivity index (χ2v) is 9.01. The first kappa shape index (κ1) is 17.9. The second-order valence-electron chi connectivity index (χ2n) is 6.24. The average molecular weight is 379 g/mol. The van der Waals surface area contributed by atoms with Gasteiger partial charge in [0.2, 0.25) is 0 Å². The fourth-order valence-electron chi connectivity index (χ4n) is 2.85.